The van der Waals surface area contributed by atoms with E-state index in [2.05, 4.69) is 24.3 Å². The van der Waals surface area contributed by atoms with Gasteiger partial charge in [0.05, 0.1) is 18.8 Å². The smallest absolute Gasteiger partial charge is 0.344 e. The van der Waals surface area contributed by atoms with Crippen molar-refractivity contribution in [1.29, 1.82) is 0 Å². The lowest BCUT2D eigenvalue weighted by Crippen LogP contribution is -2.29. The molecule has 4 aromatic rings. The van der Waals surface area contributed by atoms with E-state index < -0.39 is 12.9 Å². The zero-order valence-corrected chi connectivity index (χ0v) is 24.1. The molecule has 0 aliphatic heterocycles. The van der Waals surface area contributed by atoms with Crippen LogP contribution >= 0.6 is 18.5 Å². The highest BCUT2D eigenvalue weighted by Crippen LogP contribution is 2.43. The van der Waals surface area contributed by atoms with E-state index in [0.29, 0.717) is 41.5 Å². The Morgan fingerprint density at radius 2 is 1.43 bits per heavy atom. The fourth-order valence-electron chi connectivity index (χ4n) is 4.42. The zero-order chi connectivity index (χ0) is 28.4. The fraction of sp³-hybridized carbons (Fsp3) is 0.182. The van der Waals surface area contributed by atoms with Crippen LogP contribution in [0.3, 0.4) is 0 Å². The number of hydrogen-bond acceptors (Lipinski definition) is 5. The number of rotatable bonds is 13. The molecule has 0 aliphatic rings. The molecule has 0 spiro atoms. The lowest BCUT2D eigenvalue weighted by atomic mass is 10.0. The minimum absolute atomic E-state index is 0.187. The Hall–Kier alpha value is -3.79. The van der Waals surface area contributed by atoms with Crippen molar-refractivity contribution in [2.24, 2.45) is 0 Å². The molecule has 206 valence electrons. The number of hydrogen-bond donors (Lipinski definition) is 0. The molecular formula is C33H32ClO5P. The molecule has 40 heavy (non-hydrogen) atoms. The van der Waals surface area contributed by atoms with Crippen molar-refractivity contribution < 1.29 is 23.8 Å². The molecule has 7 heteroatoms. The Kier molecular flexibility index (Phi) is 10.2. The maximum atomic E-state index is 14.3. The Labute approximate surface area is 240 Å². The topological polar surface area (TPSA) is 61.8 Å². The summed E-state index contributed by atoms with van der Waals surface area (Å²) in [5.41, 5.74) is 0.944. The van der Waals surface area contributed by atoms with Crippen LogP contribution in [0.4, 0.5) is 0 Å². The van der Waals surface area contributed by atoms with Gasteiger partial charge < -0.3 is 14.2 Å². The number of alkyl halides is 1. The molecule has 0 amide bonds. The number of benzene rings is 4. The van der Waals surface area contributed by atoms with E-state index in [9.17, 15) is 9.59 Å². The lowest BCUT2D eigenvalue weighted by Gasteiger charge is -2.28. The molecule has 5 nitrogen and oxygen atoms in total. The lowest BCUT2D eigenvalue weighted by molar-refractivity contribution is -0.145. The van der Waals surface area contributed by atoms with Crippen molar-refractivity contribution in [2.75, 3.05) is 25.7 Å². The monoisotopic (exact) mass is 574 g/mol. The van der Waals surface area contributed by atoms with E-state index in [-0.39, 0.29) is 19.0 Å². The highest BCUT2D eigenvalue weighted by Gasteiger charge is 2.28. The minimum Gasteiger partial charge on any atom is -0.493 e. The predicted molar refractivity (Wildman–Crippen MR) is 165 cm³/mol. The summed E-state index contributed by atoms with van der Waals surface area (Å²) in [7, 11) is 0. The van der Waals surface area contributed by atoms with Gasteiger partial charge in [-0.15, -0.1) is 11.6 Å². The van der Waals surface area contributed by atoms with Crippen molar-refractivity contribution >= 4 is 52.5 Å². The van der Waals surface area contributed by atoms with Gasteiger partial charge in [0, 0.05) is 17.5 Å². The van der Waals surface area contributed by atoms with Gasteiger partial charge in [0.2, 0.25) is 0 Å². The summed E-state index contributed by atoms with van der Waals surface area (Å²) in [5.74, 6) is 0.519. The summed E-state index contributed by atoms with van der Waals surface area (Å²) in [4.78, 5) is 26.0. The molecule has 0 saturated carbocycles. The quantitative estimate of drug-likeness (QED) is 0.0685. The third-order valence-electron chi connectivity index (χ3n) is 6.35. The molecule has 0 aromatic heterocycles. The molecule has 0 bridgehead atoms. The Morgan fingerprint density at radius 3 is 2.05 bits per heavy atom. The summed E-state index contributed by atoms with van der Waals surface area (Å²) in [6, 6.07) is 32.9. The summed E-state index contributed by atoms with van der Waals surface area (Å²) < 4.78 is 16.6. The van der Waals surface area contributed by atoms with Crippen LogP contribution in [0.25, 0.3) is 0 Å². The molecule has 0 atom stereocenters. The van der Waals surface area contributed by atoms with Gasteiger partial charge in [-0.05, 0) is 48.3 Å². The SMILES string of the molecule is C=P(c1ccccc1)(c1ccccc1)c1ccccc1C(=O)c1ccc(OCC(=O)OCC)cc1OCCCCl. The molecule has 0 saturated heterocycles. The summed E-state index contributed by atoms with van der Waals surface area (Å²) >= 11 is 5.87. The van der Waals surface area contributed by atoms with Crippen LogP contribution in [-0.4, -0.2) is 43.8 Å². The van der Waals surface area contributed by atoms with Crippen molar-refractivity contribution in [2.45, 2.75) is 13.3 Å². The van der Waals surface area contributed by atoms with Crippen molar-refractivity contribution in [3.8, 4) is 11.5 Å². The average molecular weight is 575 g/mol. The Bertz CT molecular complexity index is 1440. The van der Waals surface area contributed by atoms with Crippen molar-refractivity contribution in [1.82, 2.24) is 0 Å². The van der Waals surface area contributed by atoms with Crippen LogP contribution < -0.4 is 25.4 Å². The maximum Gasteiger partial charge on any atom is 0.344 e. The molecule has 0 heterocycles. The van der Waals surface area contributed by atoms with Gasteiger partial charge in [-0.2, -0.15) is 0 Å². The van der Waals surface area contributed by atoms with Crippen LogP contribution in [0.2, 0.25) is 0 Å². The first kappa shape index (κ1) is 29.2. The van der Waals surface area contributed by atoms with Gasteiger partial charge in [-0.3, -0.25) is 4.79 Å². The van der Waals surface area contributed by atoms with Crippen molar-refractivity contribution in [3.63, 3.8) is 0 Å². The fourth-order valence-corrected chi connectivity index (χ4v) is 7.67. The molecule has 0 radical (unpaired) electrons. The summed E-state index contributed by atoms with van der Waals surface area (Å²) in [5, 5.41) is 3.03. The first-order valence-corrected chi connectivity index (χ1v) is 15.6. The highest BCUT2D eigenvalue weighted by atomic mass is 35.5. The second kappa shape index (κ2) is 14.0. The number of halogens is 1. The summed E-state index contributed by atoms with van der Waals surface area (Å²) in [6.45, 7) is -0.337. The predicted octanol–water partition coefficient (Wildman–Crippen LogP) is 5.59. The number of carbonyl (C=O) groups is 2. The van der Waals surface area contributed by atoms with E-state index in [1.807, 2.05) is 60.7 Å². The van der Waals surface area contributed by atoms with Gasteiger partial charge in [0.25, 0.3) is 0 Å². The first-order chi connectivity index (χ1) is 19.5. The molecule has 0 aliphatic carbocycles. The maximum absolute atomic E-state index is 14.3. The van der Waals surface area contributed by atoms with E-state index in [1.165, 1.54) is 0 Å². The van der Waals surface area contributed by atoms with Gasteiger partial charge in [0.15, 0.2) is 12.4 Å². The third kappa shape index (κ3) is 6.67. The number of ketones is 1. The van der Waals surface area contributed by atoms with Gasteiger partial charge in [0.1, 0.15) is 11.5 Å². The van der Waals surface area contributed by atoms with Gasteiger partial charge >= 0.3 is 5.97 Å². The molecule has 0 fully saturated rings. The second-order valence-electron chi connectivity index (χ2n) is 8.97. The second-order valence-corrected chi connectivity index (χ2v) is 12.5. The molecule has 4 aromatic carbocycles. The van der Waals surface area contributed by atoms with Gasteiger partial charge in [-0.25, -0.2) is 4.79 Å². The Morgan fingerprint density at radius 1 is 0.800 bits per heavy atom. The standard InChI is InChI=1S/C33H32ClO5P/c1-3-37-32(35)24-39-25-19-20-28(30(23-25)38-22-12-21-34)33(36)29-17-10-11-18-31(29)40(2,26-13-6-4-7-14-26)27-15-8-5-9-16-27/h4-11,13-20,23H,2-3,12,21-22,24H2,1H3. The summed E-state index contributed by atoms with van der Waals surface area (Å²) in [6.07, 6.45) is 5.43. The van der Waals surface area contributed by atoms with E-state index >= 15 is 0 Å². The van der Waals surface area contributed by atoms with Crippen LogP contribution in [0.1, 0.15) is 29.3 Å². The minimum atomic E-state index is -2.42. The van der Waals surface area contributed by atoms with Crippen LogP contribution in [0, 0.1) is 0 Å². The number of carbonyl (C=O) groups excluding carboxylic acids is 2. The molecular weight excluding hydrogens is 543 g/mol. The first-order valence-electron chi connectivity index (χ1n) is 13.1. The molecule has 0 N–H and O–H groups in total. The number of ether oxygens (including phenoxy) is 3. The zero-order valence-electron chi connectivity index (χ0n) is 22.4. The largest absolute Gasteiger partial charge is 0.493 e. The van der Waals surface area contributed by atoms with Crippen LogP contribution in [0.5, 0.6) is 11.5 Å². The third-order valence-corrected chi connectivity index (χ3v) is 10.2. The normalized spacial score (nSPS) is 11.1. The van der Waals surface area contributed by atoms with E-state index in [0.717, 1.165) is 15.9 Å². The van der Waals surface area contributed by atoms with Crippen molar-refractivity contribution in [3.05, 3.63) is 114 Å². The number of esters is 1. The molecule has 0 unspecified atom stereocenters. The van der Waals surface area contributed by atoms with Gasteiger partial charge in [-0.1, -0.05) is 91.2 Å². The van der Waals surface area contributed by atoms with Crippen LogP contribution in [-0.2, 0) is 9.53 Å². The van der Waals surface area contributed by atoms with E-state index in [1.54, 1.807) is 25.1 Å². The average Bonchev–Trinajstić information content (AvgIpc) is 3.00. The highest BCUT2D eigenvalue weighted by molar-refractivity contribution is 7.93. The Balaban J connectivity index is 1.79. The van der Waals surface area contributed by atoms with E-state index in [4.69, 9.17) is 32.1 Å². The molecule has 4 rings (SSSR count). The van der Waals surface area contributed by atoms with Crippen LogP contribution in [0.15, 0.2) is 103 Å².